The normalized spacial score (nSPS) is 11.6. The van der Waals surface area contributed by atoms with E-state index < -0.39 is 12.1 Å². The number of hydrogen-bond donors (Lipinski definition) is 2. The molecular weight excluding hydrogens is 184 g/mol. The summed E-state index contributed by atoms with van der Waals surface area (Å²) in [6.07, 6.45) is 0. The van der Waals surface area contributed by atoms with Gasteiger partial charge >= 0.3 is 6.03 Å². The maximum Gasteiger partial charge on any atom is 0.338 e. The Kier molecular flexibility index (Phi) is 5.47. The molecule has 0 aromatic rings. The van der Waals surface area contributed by atoms with Crippen molar-refractivity contribution in [3.05, 3.63) is 0 Å². The van der Waals surface area contributed by atoms with Gasteiger partial charge < -0.3 is 11.1 Å². The highest BCUT2D eigenvalue weighted by molar-refractivity contribution is 5.86. The second-order valence-corrected chi connectivity index (χ2v) is 2.84. The van der Waals surface area contributed by atoms with Crippen LogP contribution in [-0.4, -0.2) is 42.7 Å². The van der Waals surface area contributed by atoms with Gasteiger partial charge in [0, 0.05) is 13.3 Å². The number of ketones is 1. The zero-order valence-corrected chi connectivity index (χ0v) is 8.49. The number of hydrogen-bond acceptors (Lipinski definition) is 4. The summed E-state index contributed by atoms with van der Waals surface area (Å²) in [5.74, 6) is -0.116. The largest absolute Gasteiger partial charge is 0.338 e. The predicted octanol–water partition coefficient (Wildman–Crippen LogP) is -0.450. The van der Waals surface area contributed by atoms with Crippen molar-refractivity contribution in [3.63, 3.8) is 0 Å². The van der Waals surface area contributed by atoms with E-state index in [1.165, 1.54) is 6.92 Å². The summed E-state index contributed by atoms with van der Waals surface area (Å²) in [5.41, 5.74) is 5.26. The lowest BCUT2D eigenvalue weighted by Crippen LogP contribution is -2.45. The molecule has 3 N–H and O–H groups in total. The van der Waals surface area contributed by atoms with Gasteiger partial charge in [-0.1, -0.05) is 0 Å². The Balaban J connectivity index is 4.16. The van der Waals surface area contributed by atoms with E-state index in [1.807, 2.05) is 0 Å². The average molecular weight is 200 g/mol. The Morgan fingerprint density at radius 2 is 2.21 bits per heavy atom. The number of nitrogens with zero attached hydrogens (tertiary/aromatic N) is 2. The van der Waals surface area contributed by atoms with E-state index in [4.69, 9.17) is 5.73 Å². The van der Waals surface area contributed by atoms with Crippen LogP contribution in [0, 0.1) is 0 Å². The van der Waals surface area contributed by atoms with Crippen LogP contribution in [0.2, 0.25) is 0 Å². The van der Waals surface area contributed by atoms with Crippen molar-refractivity contribution in [2.24, 2.45) is 10.8 Å². The second kappa shape index (κ2) is 6.09. The molecule has 0 aliphatic heterocycles. The molecule has 6 heteroatoms. The summed E-state index contributed by atoms with van der Waals surface area (Å²) < 4.78 is 0. The Hall–Kier alpha value is -1.43. The van der Waals surface area contributed by atoms with Gasteiger partial charge in [0.1, 0.15) is 0 Å². The highest BCUT2D eigenvalue weighted by atomic mass is 16.2. The Morgan fingerprint density at radius 1 is 1.64 bits per heavy atom. The van der Waals surface area contributed by atoms with E-state index in [-0.39, 0.29) is 12.3 Å². The molecule has 0 radical (unpaired) electrons. The molecular formula is C8H16N4O2. The van der Waals surface area contributed by atoms with Crippen LogP contribution in [-0.2, 0) is 4.79 Å². The topological polar surface area (TPSA) is 87.8 Å². The van der Waals surface area contributed by atoms with Crippen LogP contribution in [0.5, 0.6) is 0 Å². The monoisotopic (exact) mass is 200 g/mol. The first kappa shape index (κ1) is 12.6. The molecule has 0 rings (SSSR count). The molecule has 0 fully saturated rings. The van der Waals surface area contributed by atoms with E-state index in [0.29, 0.717) is 6.54 Å². The van der Waals surface area contributed by atoms with Crippen molar-refractivity contribution in [3.8, 4) is 0 Å². The van der Waals surface area contributed by atoms with Crippen LogP contribution in [0.1, 0.15) is 13.8 Å². The fourth-order valence-electron chi connectivity index (χ4n) is 0.720. The zero-order valence-electron chi connectivity index (χ0n) is 8.49. The third-order valence-corrected chi connectivity index (χ3v) is 1.70. The fourth-order valence-corrected chi connectivity index (χ4v) is 0.720. The van der Waals surface area contributed by atoms with E-state index >= 15 is 0 Å². The number of Topliss-reactive ketones (excluding diaryl/α,β-unsaturated/α-hetero) is 1. The number of nitrogens with one attached hydrogen (secondary N) is 1. The summed E-state index contributed by atoms with van der Waals surface area (Å²) in [5, 5.41) is 7.02. The maximum absolute atomic E-state index is 11.4. The Morgan fingerprint density at radius 3 is 2.57 bits per heavy atom. The molecule has 1 atom stereocenters. The second-order valence-electron chi connectivity index (χ2n) is 2.84. The van der Waals surface area contributed by atoms with Crippen LogP contribution in [0.25, 0.3) is 0 Å². The Labute approximate surface area is 83.1 Å². The molecule has 0 saturated heterocycles. The van der Waals surface area contributed by atoms with Crippen LogP contribution >= 0.6 is 0 Å². The van der Waals surface area contributed by atoms with Gasteiger partial charge in [-0.2, -0.15) is 5.10 Å². The molecule has 0 aliphatic carbocycles. The van der Waals surface area contributed by atoms with Gasteiger partial charge in [-0.15, -0.1) is 0 Å². The standard InChI is InChI=1S/C8H16N4O2/c1-6(7(2)13)11-8(14)12(10-3)5-4-9/h6H,3-5,9H2,1-2H3,(H,11,14). The van der Waals surface area contributed by atoms with E-state index in [1.54, 1.807) is 6.92 Å². The smallest absolute Gasteiger partial charge is 0.329 e. The van der Waals surface area contributed by atoms with Crippen LogP contribution < -0.4 is 11.1 Å². The summed E-state index contributed by atoms with van der Waals surface area (Å²) in [7, 11) is 0. The van der Waals surface area contributed by atoms with Crippen molar-refractivity contribution in [1.82, 2.24) is 10.3 Å². The molecule has 0 aromatic carbocycles. The van der Waals surface area contributed by atoms with Gasteiger partial charge in [0.15, 0.2) is 5.78 Å². The minimum absolute atomic E-state index is 0.116. The van der Waals surface area contributed by atoms with Crippen LogP contribution in [0.15, 0.2) is 5.10 Å². The summed E-state index contributed by atoms with van der Waals surface area (Å²) in [6.45, 7) is 6.80. The van der Waals surface area contributed by atoms with Crippen molar-refractivity contribution in [1.29, 1.82) is 0 Å². The van der Waals surface area contributed by atoms with Gasteiger partial charge in [0.2, 0.25) is 0 Å². The number of carbonyl (C=O) groups excluding carboxylic acids is 2. The molecule has 6 nitrogen and oxygen atoms in total. The molecule has 0 aromatic heterocycles. The third-order valence-electron chi connectivity index (χ3n) is 1.70. The van der Waals surface area contributed by atoms with Crippen molar-refractivity contribution in [2.75, 3.05) is 13.1 Å². The Bertz CT molecular complexity index is 229. The van der Waals surface area contributed by atoms with Gasteiger partial charge in [-0.25, -0.2) is 9.80 Å². The first-order chi connectivity index (χ1) is 6.52. The van der Waals surface area contributed by atoms with Crippen molar-refractivity contribution >= 4 is 18.5 Å². The summed E-state index contributed by atoms with van der Waals surface area (Å²) in [6, 6.07) is -0.988. The average Bonchev–Trinajstić information content (AvgIpc) is 2.13. The molecule has 0 spiro atoms. The van der Waals surface area contributed by atoms with Gasteiger partial charge in [-0.05, 0) is 13.8 Å². The minimum Gasteiger partial charge on any atom is -0.329 e. The molecule has 80 valence electrons. The quantitative estimate of drug-likeness (QED) is 0.465. The molecule has 2 amide bonds. The number of amides is 2. The SMILES string of the molecule is C=NN(CCN)C(=O)NC(C)C(C)=O. The first-order valence-electron chi connectivity index (χ1n) is 4.28. The lowest BCUT2D eigenvalue weighted by atomic mass is 10.2. The highest BCUT2D eigenvalue weighted by Gasteiger charge is 2.15. The molecule has 0 aliphatic rings. The first-order valence-corrected chi connectivity index (χ1v) is 4.28. The number of nitrogens with two attached hydrogens (primary N) is 1. The number of urea groups is 1. The van der Waals surface area contributed by atoms with E-state index in [2.05, 4.69) is 17.1 Å². The number of rotatable bonds is 5. The molecule has 1 unspecified atom stereocenters. The molecule has 0 heterocycles. The van der Waals surface area contributed by atoms with Crippen molar-refractivity contribution in [2.45, 2.75) is 19.9 Å². The van der Waals surface area contributed by atoms with Gasteiger partial charge in [0.25, 0.3) is 0 Å². The molecule has 0 saturated carbocycles. The molecule has 14 heavy (non-hydrogen) atoms. The lowest BCUT2D eigenvalue weighted by molar-refractivity contribution is -0.118. The van der Waals surface area contributed by atoms with E-state index in [9.17, 15) is 9.59 Å². The zero-order chi connectivity index (χ0) is 11.1. The van der Waals surface area contributed by atoms with Gasteiger partial charge in [0.05, 0.1) is 12.6 Å². The predicted molar refractivity (Wildman–Crippen MR) is 54.0 cm³/mol. The van der Waals surface area contributed by atoms with Crippen molar-refractivity contribution < 1.29 is 9.59 Å². The lowest BCUT2D eigenvalue weighted by Gasteiger charge is -2.18. The highest BCUT2D eigenvalue weighted by Crippen LogP contribution is 1.91. The van der Waals surface area contributed by atoms with Gasteiger partial charge in [-0.3, -0.25) is 4.79 Å². The maximum atomic E-state index is 11.4. The van der Waals surface area contributed by atoms with E-state index in [0.717, 1.165) is 5.01 Å². The minimum atomic E-state index is -0.524. The summed E-state index contributed by atoms with van der Waals surface area (Å²) >= 11 is 0. The van der Waals surface area contributed by atoms with Crippen LogP contribution in [0.4, 0.5) is 4.79 Å². The van der Waals surface area contributed by atoms with Crippen LogP contribution in [0.3, 0.4) is 0 Å². The third kappa shape index (κ3) is 3.99. The number of hydrazone groups is 1. The molecule has 0 bridgehead atoms. The number of carbonyl (C=O) groups is 2. The summed E-state index contributed by atoms with van der Waals surface area (Å²) in [4.78, 5) is 22.2. The fraction of sp³-hybridized carbons (Fsp3) is 0.625.